The van der Waals surface area contributed by atoms with E-state index in [9.17, 15) is 18.0 Å². The smallest absolute Gasteiger partial charge is 0.338 e. The first-order valence-corrected chi connectivity index (χ1v) is 13.3. The lowest BCUT2D eigenvalue weighted by Gasteiger charge is -2.28. The summed E-state index contributed by atoms with van der Waals surface area (Å²) in [5.41, 5.74) is 0.646. The van der Waals surface area contributed by atoms with Gasteiger partial charge in [-0.25, -0.2) is 13.2 Å². The summed E-state index contributed by atoms with van der Waals surface area (Å²) >= 11 is 0. The van der Waals surface area contributed by atoms with Crippen LogP contribution >= 0.6 is 0 Å². The van der Waals surface area contributed by atoms with Crippen molar-refractivity contribution in [3.63, 3.8) is 0 Å². The van der Waals surface area contributed by atoms with Gasteiger partial charge in [0.05, 0.1) is 36.8 Å². The normalized spacial score (nSPS) is 14.3. The molecule has 1 fully saturated rings. The zero-order valence-electron chi connectivity index (χ0n) is 20.6. The number of hydrogen-bond acceptors (Lipinski definition) is 7. The number of carbonyl (C=O) groups is 1. The van der Waals surface area contributed by atoms with E-state index in [1.54, 1.807) is 25.1 Å². The first-order chi connectivity index (χ1) is 17.3. The average Bonchev–Trinajstić information content (AvgIpc) is 3.41. The monoisotopic (exact) mass is 514 g/mol. The van der Waals surface area contributed by atoms with Crippen molar-refractivity contribution in [3.05, 3.63) is 63.9 Å². The molecule has 192 valence electrons. The van der Waals surface area contributed by atoms with E-state index in [4.69, 9.17) is 14.2 Å². The minimum absolute atomic E-state index is 0.0106. The molecule has 10 heteroatoms. The molecule has 0 spiro atoms. The molecule has 4 rings (SSSR count). The van der Waals surface area contributed by atoms with Gasteiger partial charge in [0.25, 0.3) is 5.56 Å². The highest BCUT2D eigenvalue weighted by molar-refractivity contribution is 7.89. The van der Waals surface area contributed by atoms with E-state index in [1.807, 2.05) is 0 Å². The summed E-state index contributed by atoms with van der Waals surface area (Å²) in [5.74, 6) is 0.390. The van der Waals surface area contributed by atoms with E-state index < -0.39 is 16.0 Å². The number of nitrogens with zero attached hydrogens (tertiary/aromatic N) is 1. The zero-order valence-corrected chi connectivity index (χ0v) is 21.4. The van der Waals surface area contributed by atoms with Gasteiger partial charge in [-0.2, -0.15) is 4.31 Å². The van der Waals surface area contributed by atoms with Gasteiger partial charge in [-0.05, 0) is 50.1 Å². The van der Waals surface area contributed by atoms with Gasteiger partial charge >= 0.3 is 5.97 Å². The molecular formula is C26H30N2O7S. The fourth-order valence-electron chi connectivity index (χ4n) is 4.60. The van der Waals surface area contributed by atoms with Crippen molar-refractivity contribution in [2.24, 2.45) is 0 Å². The number of sulfonamides is 1. The first kappa shape index (κ1) is 25.7. The zero-order chi connectivity index (χ0) is 25.9. The van der Waals surface area contributed by atoms with Gasteiger partial charge in [0.2, 0.25) is 10.0 Å². The first-order valence-electron chi connectivity index (χ1n) is 11.9. The van der Waals surface area contributed by atoms with Crippen LogP contribution in [-0.4, -0.2) is 50.5 Å². The highest BCUT2D eigenvalue weighted by Crippen LogP contribution is 2.33. The number of fused-ring (bicyclic) bond motifs is 1. The predicted octanol–water partition coefficient (Wildman–Crippen LogP) is 3.86. The highest BCUT2D eigenvalue weighted by atomic mass is 32.2. The second-order valence-electron chi connectivity index (χ2n) is 8.65. The van der Waals surface area contributed by atoms with Gasteiger partial charge in [-0.3, -0.25) is 4.79 Å². The molecule has 1 aliphatic carbocycles. The second kappa shape index (κ2) is 10.7. The standard InChI is InChI=1S/C26H30N2O7S/c1-4-35-26(30)17-8-7-11-21(13-17)36(31,32)28(20-9-5-6-10-20)16-19-12-18-14-23(33-2)24(34-3)15-22(18)27-25(19)29/h7-8,11-15,20H,4-6,9-10,16H2,1-3H3,(H,27,29). The van der Waals surface area contributed by atoms with Crippen LogP contribution < -0.4 is 15.0 Å². The molecule has 0 amide bonds. The Labute approximate surface area is 210 Å². The van der Waals surface area contributed by atoms with Gasteiger partial charge in [-0.1, -0.05) is 18.9 Å². The fraction of sp³-hybridized carbons (Fsp3) is 0.385. The van der Waals surface area contributed by atoms with Crippen molar-refractivity contribution in [3.8, 4) is 11.5 Å². The minimum Gasteiger partial charge on any atom is -0.493 e. The lowest BCUT2D eigenvalue weighted by Crippen LogP contribution is -2.39. The molecule has 1 N–H and O–H groups in total. The van der Waals surface area contributed by atoms with Crippen LogP contribution in [0.4, 0.5) is 0 Å². The average molecular weight is 515 g/mol. The van der Waals surface area contributed by atoms with Crippen molar-refractivity contribution in [1.29, 1.82) is 0 Å². The third-order valence-corrected chi connectivity index (χ3v) is 8.33. The van der Waals surface area contributed by atoms with E-state index in [0.29, 0.717) is 40.8 Å². The third kappa shape index (κ3) is 5.10. The van der Waals surface area contributed by atoms with Crippen LogP contribution in [0.1, 0.15) is 48.5 Å². The Bertz CT molecular complexity index is 1430. The predicted molar refractivity (Wildman–Crippen MR) is 135 cm³/mol. The number of ether oxygens (including phenoxy) is 3. The maximum atomic E-state index is 13.8. The van der Waals surface area contributed by atoms with Gasteiger partial charge in [0.1, 0.15) is 0 Å². The van der Waals surface area contributed by atoms with Crippen molar-refractivity contribution in [2.45, 2.75) is 50.1 Å². The van der Waals surface area contributed by atoms with Crippen molar-refractivity contribution in [2.75, 3.05) is 20.8 Å². The summed E-state index contributed by atoms with van der Waals surface area (Å²) < 4.78 is 44.8. The van der Waals surface area contributed by atoms with E-state index in [2.05, 4.69) is 4.98 Å². The Morgan fingerprint density at radius 1 is 1.06 bits per heavy atom. The SMILES string of the molecule is CCOC(=O)c1cccc(S(=O)(=O)N(Cc2cc3cc(OC)c(OC)cc3[nH]c2=O)C2CCCC2)c1. The number of methoxy groups -OCH3 is 2. The molecule has 0 radical (unpaired) electrons. The van der Waals surface area contributed by atoms with Gasteiger partial charge < -0.3 is 19.2 Å². The molecule has 1 aromatic heterocycles. The summed E-state index contributed by atoms with van der Waals surface area (Å²) in [6.45, 7) is 1.77. The van der Waals surface area contributed by atoms with E-state index in [-0.39, 0.29) is 35.2 Å². The number of carbonyl (C=O) groups excluding carboxylic acids is 1. The number of rotatable bonds is 9. The Balaban J connectivity index is 1.76. The molecule has 1 saturated carbocycles. The van der Waals surface area contributed by atoms with Gasteiger partial charge in [0.15, 0.2) is 11.5 Å². The molecule has 0 bridgehead atoms. The number of H-pyrrole nitrogens is 1. The quantitative estimate of drug-likeness (QED) is 0.431. The molecule has 0 saturated heterocycles. The Hall–Kier alpha value is -3.37. The number of esters is 1. The number of pyridine rings is 1. The molecule has 1 heterocycles. The van der Waals surface area contributed by atoms with Crippen LogP contribution in [0.5, 0.6) is 11.5 Å². The molecule has 36 heavy (non-hydrogen) atoms. The molecule has 1 aliphatic rings. The molecule has 2 aromatic carbocycles. The van der Waals surface area contributed by atoms with Crippen molar-refractivity contribution >= 4 is 26.9 Å². The summed E-state index contributed by atoms with van der Waals surface area (Å²) in [7, 11) is -0.985. The topological polar surface area (TPSA) is 115 Å². The van der Waals surface area contributed by atoms with E-state index >= 15 is 0 Å². The molecule has 3 aromatic rings. The summed E-state index contributed by atoms with van der Waals surface area (Å²) in [5, 5.41) is 0.690. The van der Waals surface area contributed by atoms with Crippen LogP contribution in [0.3, 0.4) is 0 Å². The van der Waals surface area contributed by atoms with Gasteiger partial charge in [0, 0.05) is 29.6 Å². The van der Waals surface area contributed by atoms with Crippen LogP contribution in [0.25, 0.3) is 10.9 Å². The number of aromatic nitrogens is 1. The van der Waals surface area contributed by atoms with Crippen LogP contribution in [-0.2, 0) is 21.3 Å². The van der Waals surface area contributed by atoms with Gasteiger partial charge in [-0.15, -0.1) is 0 Å². The molecule has 0 unspecified atom stereocenters. The van der Waals surface area contributed by atoms with E-state index in [1.165, 1.54) is 42.8 Å². The molecule has 0 atom stereocenters. The highest BCUT2D eigenvalue weighted by Gasteiger charge is 2.34. The summed E-state index contributed by atoms with van der Waals surface area (Å²) in [6.07, 6.45) is 3.22. The maximum absolute atomic E-state index is 13.8. The van der Waals surface area contributed by atoms with Crippen molar-refractivity contribution in [1.82, 2.24) is 9.29 Å². The molecule has 0 aliphatic heterocycles. The maximum Gasteiger partial charge on any atom is 0.338 e. The number of aromatic amines is 1. The lowest BCUT2D eigenvalue weighted by molar-refractivity contribution is 0.0526. The Morgan fingerprint density at radius 3 is 2.42 bits per heavy atom. The van der Waals surface area contributed by atoms with Crippen LogP contribution in [0.2, 0.25) is 0 Å². The minimum atomic E-state index is -4.02. The van der Waals surface area contributed by atoms with E-state index in [0.717, 1.165) is 12.8 Å². The number of benzene rings is 2. The fourth-order valence-corrected chi connectivity index (χ4v) is 6.31. The summed E-state index contributed by atoms with van der Waals surface area (Å²) in [4.78, 5) is 28.0. The lowest BCUT2D eigenvalue weighted by atomic mass is 10.1. The number of hydrogen-bond donors (Lipinski definition) is 1. The third-order valence-electron chi connectivity index (χ3n) is 6.44. The van der Waals surface area contributed by atoms with Crippen molar-refractivity contribution < 1.29 is 27.4 Å². The largest absolute Gasteiger partial charge is 0.493 e. The van der Waals surface area contributed by atoms with Crippen LogP contribution in [0, 0.1) is 0 Å². The Morgan fingerprint density at radius 2 is 1.75 bits per heavy atom. The Kier molecular flexibility index (Phi) is 7.65. The van der Waals surface area contributed by atoms with Crippen LogP contribution in [0.15, 0.2) is 52.2 Å². The molecular weight excluding hydrogens is 484 g/mol. The summed E-state index contributed by atoms with van der Waals surface area (Å²) in [6, 6.07) is 10.7. The molecule has 9 nitrogen and oxygen atoms in total. The second-order valence-corrected chi connectivity index (χ2v) is 10.5. The number of nitrogens with one attached hydrogen (secondary N) is 1.